The molecule has 106 valence electrons. The molecule has 0 spiro atoms. The second-order valence-corrected chi connectivity index (χ2v) is 5.42. The number of halogens is 1. The second-order valence-electron chi connectivity index (χ2n) is 4.56. The summed E-state index contributed by atoms with van der Waals surface area (Å²) in [4.78, 5) is 10.6. The van der Waals surface area contributed by atoms with Gasteiger partial charge in [-0.05, 0) is 35.0 Å². The fourth-order valence-corrected chi connectivity index (χ4v) is 2.08. The molecule has 1 unspecified atom stereocenters. The summed E-state index contributed by atoms with van der Waals surface area (Å²) in [6.07, 6.45) is 1.55. The Morgan fingerprint density at radius 3 is 2.80 bits per heavy atom. The first kappa shape index (κ1) is 14.7. The normalized spacial score (nSPS) is 12.0. The Hall–Kier alpha value is -1.66. The summed E-state index contributed by atoms with van der Waals surface area (Å²) in [6, 6.07) is 10.0. The van der Waals surface area contributed by atoms with Crippen LogP contribution in [-0.4, -0.2) is 29.6 Å². The van der Waals surface area contributed by atoms with Crippen molar-refractivity contribution in [3.05, 3.63) is 41.1 Å². The van der Waals surface area contributed by atoms with Gasteiger partial charge in [-0.2, -0.15) is 0 Å². The van der Waals surface area contributed by atoms with E-state index in [4.69, 9.17) is 5.73 Å². The van der Waals surface area contributed by atoms with Crippen molar-refractivity contribution in [1.82, 2.24) is 9.97 Å². The molecule has 0 aliphatic rings. The quantitative estimate of drug-likeness (QED) is 0.879. The number of nitrogens with one attached hydrogen (secondary N) is 1. The average molecular weight is 336 g/mol. The number of likely N-dealkylation sites (N-methyl/N-ethyl adjacent to an activating group) is 1. The van der Waals surface area contributed by atoms with Crippen molar-refractivity contribution in [2.45, 2.75) is 13.0 Å². The summed E-state index contributed by atoms with van der Waals surface area (Å²) < 4.78 is 0.990. The van der Waals surface area contributed by atoms with Crippen LogP contribution >= 0.6 is 15.9 Å². The van der Waals surface area contributed by atoms with Gasteiger partial charge < -0.3 is 16.0 Å². The van der Waals surface area contributed by atoms with Gasteiger partial charge in [-0.3, -0.25) is 0 Å². The maximum absolute atomic E-state index is 5.68. The van der Waals surface area contributed by atoms with Crippen LogP contribution in [0.15, 0.2) is 41.1 Å². The van der Waals surface area contributed by atoms with Gasteiger partial charge in [0.15, 0.2) is 0 Å². The van der Waals surface area contributed by atoms with Crippen LogP contribution in [0.3, 0.4) is 0 Å². The lowest BCUT2D eigenvalue weighted by atomic mass is 10.3. The summed E-state index contributed by atoms with van der Waals surface area (Å²) in [5, 5.41) is 3.27. The van der Waals surface area contributed by atoms with E-state index >= 15 is 0 Å². The highest BCUT2D eigenvalue weighted by Crippen LogP contribution is 2.25. The Morgan fingerprint density at radius 2 is 2.10 bits per heavy atom. The molecule has 5 nitrogen and oxygen atoms in total. The number of benzene rings is 1. The van der Waals surface area contributed by atoms with Crippen LogP contribution in [-0.2, 0) is 0 Å². The van der Waals surface area contributed by atoms with E-state index in [-0.39, 0.29) is 6.04 Å². The Bertz CT molecular complexity index is 575. The number of aromatic nitrogens is 2. The number of hydrogen-bond donors (Lipinski definition) is 2. The minimum atomic E-state index is 0.223. The third-order valence-corrected chi connectivity index (χ3v) is 3.84. The molecule has 2 aromatic rings. The predicted octanol–water partition coefficient (Wildman–Crippen LogP) is 2.77. The maximum Gasteiger partial charge on any atom is 0.135 e. The summed E-state index contributed by atoms with van der Waals surface area (Å²) >= 11 is 3.50. The number of nitrogens with zero attached hydrogens (tertiary/aromatic N) is 3. The lowest BCUT2D eigenvalue weighted by Crippen LogP contribution is -2.35. The molecule has 2 rings (SSSR count). The molecule has 0 amide bonds. The monoisotopic (exact) mass is 335 g/mol. The van der Waals surface area contributed by atoms with E-state index in [2.05, 4.69) is 38.1 Å². The lowest BCUT2D eigenvalue weighted by molar-refractivity contribution is 0.686. The van der Waals surface area contributed by atoms with Crippen LogP contribution in [0, 0.1) is 0 Å². The van der Waals surface area contributed by atoms with Gasteiger partial charge in [-0.25, -0.2) is 9.97 Å². The van der Waals surface area contributed by atoms with Crippen molar-refractivity contribution in [1.29, 1.82) is 0 Å². The Morgan fingerprint density at radius 1 is 1.35 bits per heavy atom. The summed E-state index contributed by atoms with van der Waals surface area (Å²) in [6.45, 7) is 2.64. The maximum atomic E-state index is 5.68. The van der Waals surface area contributed by atoms with E-state index < -0.39 is 0 Å². The summed E-state index contributed by atoms with van der Waals surface area (Å²) in [5.41, 5.74) is 6.65. The van der Waals surface area contributed by atoms with Crippen LogP contribution in [0.4, 0.5) is 17.3 Å². The molecule has 0 aliphatic heterocycles. The van der Waals surface area contributed by atoms with Crippen LogP contribution < -0.4 is 16.0 Å². The second kappa shape index (κ2) is 6.67. The number of rotatable bonds is 5. The number of para-hydroxylation sites is 1. The van der Waals surface area contributed by atoms with E-state index in [1.807, 2.05) is 42.3 Å². The van der Waals surface area contributed by atoms with Gasteiger partial charge in [0.2, 0.25) is 0 Å². The average Bonchev–Trinajstić information content (AvgIpc) is 2.48. The van der Waals surface area contributed by atoms with Gasteiger partial charge in [0.25, 0.3) is 0 Å². The molecule has 0 saturated heterocycles. The smallest absolute Gasteiger partial charge is 0.135 e. The van der Waals surface area contributed by atoms with E-state index in [0.29, 0.717) is 6.54 Å². The molecule has 20 heavy (non-hydrogen) atoms. The highest BCUT2D eigenvalue weighted by Gasteiger charge is 2.10. The van der Waals surface area contributed by atoms with Gasteiger partial charge >= 0.3 is 0 Å². The minimum Gasteiger partial charge on any atom is -0.356 e. The van der Waals surface area contributed by atoms with Crippen molar-refractivity contribution in [2.75, 3.05) is 23.8 Å². The number of hydrogen-bond acceptors (Lipinski definition) is 5. The van der Waals surface area contributed by atoms with Crippen LogP contribution in [0.5, 0.6) is 0 Å². The fourth-order valence-electron chi connectivity index (χ4n) is 1.69. The number of nitrogens with two attached hydrogens (primary N) is 1. The highest BCUT2D eigenvalue weighted by atomic mass is 79.9. The zero-order valence-electron chi connectivity index (χ0n) is 11.5. The van der Waals surface area contributed by atoms with E-state index in [1.54, 1.807) is 6.33 Å². The van der Waals surface area contributed by atoms with Crippen LogP contribution in [0.2, 0.25) is 0 Å². The Labute approximate surface area is 127 Å². The lowest BCUT2D eigenvalue weighted by Gasteiger charge is -2.24. The molecule has 1 atom stereocenters. The molecule has 0 saturated carbocycles. The zero-order valence-corrected chi connectivity index (χ0v) is 13.1. The van der Waals surface area contributed by atoms with Gasteiger partial charge in [-0.1, -0.05) is 12.1 Å². The first-order valence-electron chi connectivity index (χ1n) is 6.38. The predicted molar refractivity (Wildman–Crippen MR) is 86.4 cm³/mol. The van der Waals surface area contributed by atoms with Crippen molar-refractivity contribution in [2.24, 2.45) is 5.73 Å². The SMILES string of the molecule is CC(CN)N(C)c1cc(Nc2ccccc2Br)ncn1. The molecular formula is C14H18BrN5. The zero-order chi connectivity index (χ0) is 14.5. The largest absolute Gasteiger partial charge is 0.356 e. The van der Waals surface area contributed by atoms with E-state index in [0.717, 1.165) is 21.8 Å². The Balaban J connectivity index is 2.20. The van der Waals surface area contributed by atoms with Gasteiger partial charge in [0, 0.05) is 30.2 Å². The van der Waals surface area contributed by atoms with Gasteiger partial charge in [-0.15, -0.1) is 0 Å². The van der Waals surface area contributed by atoms with Crippen LogP contribution in [0.1, 0.15) is 6.92 Å². The molecule has 0 radical (unpaired) electrons. The van der Waals surface area contributed by atoms with Crippen molar-refractivity contribution < 1.29 is 0 Å². The Kier molecular flexibility index (Phi) is 4.92. The molecule has 1 aromatic heterocycles. The van der Waals surface area contributed by atoms with Crippen molar-refractivity contribution >= 4 is 33.3 Å². The first-order valence-corrected chi connectivity index (χ1v) is 7.17. The molecule has 3 N–H and O–H groups in total. The summed E-state index contributed by atoms with van der Waals surface area (Å²) in [5.74, 6) is 1.59. The molecule has 0 fully saturated rings. The third kappa shape index (κ3) is 3.46. The molecule has 1 heterocycles. The van der Waals surface area contributed by atoms with Gasteiger partial charge in [0.05, 0.1) is 5.69 Å². The highest BCUT2D eigenvalue weighted by molar-refractivity contribution is 9.10. The molecule has 1 aromatic carbocycles. The van der Waals surface area contributed by atoms with Crippen LogP contribution in [0.25, 0.3) is 0 Å². The van der Waals surface area contributed by atoms with Gasteiger partial charge in [0.1, 0.15) is 18.0 Å². The van der Waals surface area contributed by atoms with E-state index in [9.17, 15) is 0 Å². The molecule has 6 heteroatoms. The molecule has 0 bridgehead atoms. The molecular weight excluding hydrogens is 318 g/mol. The van der Waals surface area contributed by atoms with Crippen molar-refractivity contribution in [3.8, 4) is 0 Å². The first-order chi connectivity index (χ1) is 9.61. The van der Waals surface area contributed by atoms with E-state index in [1.165, 1.54) is 0 Å². The standard InChI is InChI=1S/C14H18BrN5/c1-10(8-16)20(2)14-7-13(17-9-18-14)19-12-6-4-3-5-11(12)15/h3-7,9-10H,8,16H2,1-2H3,(H,17,18,19). The third-order valence-electron chi connectivity index (χ3n) is 3.15. The number of anilines is 3. The van der Waals surface area contributed by atoms with Crippen molar-refractivity contribution in [3.63, 3.8) is 0 Å². The minimum absolute atomic E-state index is 0.223. The fraction of sp³-hybridized carbons (Fsp3) is 0.286. The topological polar surface area (TPSA) is 67.1 Å². The molecule has 0 aliphatic carbocycles. The summed E-state index contributed by atoms with van der Waals surface area (Å²) in [7, 11) is 1.97.